The SMILES string of the molecule is C=C(C)C(=O)[CH]C1C=CC(OS(=O)(=O)C(F)(F)C(F)(F)C(F)(F)S(=O)(=O)NS(=O)(=O)C(F)(F)F)=CC1. The lowest BCUT2D eigenvalue weighted by atomic mass is 9.93. The summed E-state index contributed by atoms with van der Waals surface area (Å²) in [7, 11) is -22.4. The van der Waals surface area contributed by atoms with Crippen LogP contribution in [0.25, 0.3) is 0 Å². The van der Waals surface area contributed by atoms with Crippen LogP contribution in [-0.4, -0.2) is 53.0 Å². The van der Waals surface area contributed by atoms with Gasteiger partial charge in [0.05, 0.1) is 0 Å². The zero-order chi connectivity index (χ0) is 28.8. The summed E-state index contributed by atoms with van der Waals surface area (Å²) >= 11 is 0. The Labute approximate surface area is 197 Å². The summed E-state index contributed by atoms with van der Waals surface area (Å²) in [5.41, 5.74) is -6.60. The maximum atomic E-state index is 14.0. The minimum absolute atomic E-state index is 0.0762. The van der Waals surface area contributed by atoms with E-state index in [-0.39, 0.29) is 12.0 Å². The van der Waals surface area contributed by atoms with Crippen molar-refractivity contribution in [2.45, 2.75) is 35.3 Å². The number of Topliss-reactive ketones (excluding diaryl/α,β-unsaturated/α-hetero) is 1. The first-order valence-corrected chi connectivity index (χ1v) is 13.0. The summed E-state index contributed by atoms with van der Waals surface area (Å²) < 4.78 is 190. The van der Waals surface area contributed by atoms with Crippen molar-refractivity contribution in [2.24, 2.45) is 5.92 Å². The van der Waals surface area contributed by atoms with E-state index >= 15 is 0 Å². The molecule has 207 valence electrons. The van der Waals surface area contributed by atoms with Crippen molar-refractivity contribution in [2.75, 3.05) is 0 Å². The van der Waals surface area contributed by atoms with E-state index in [4.69, 9.17) is 0 Å². The molecule has 0 aromatic carbocycles. The zero-order valence-corrected chi connectivity index (χ0v) is 19.6. The Morgan fingerprint density at radius 2 is 1.47 bits per heavy atom. The van der Waals surface area contributed by atoms with E-state index in [0.717, 1.165) is 12.5 Å². The van der Waals surface area contributed by atoms with Gasteiger partial charge in [-0.25, -0.2) is 16.8 Å². The molecule has 0 aromatic rings. The summed E-state index contributed by atoms with van der Waals surface area (Å²) in [5, 5.41) is -14.6. The van der Waals surface area contributed by atoms with Crippen LogP contribution in [-0.2, 0) is 39.1 Å². The van der Waals surface area contributed by atoms with Crippen molar-refractivity contribution >= 4 is 35.9 Å². The number of nitrogens with one attached hydrogen (secondary N) is 1. The quantitative estimate of drug-likeness (QED) is 0.216. The molecular weight excluding hydrogens is 589 g/mol. The summed E-state index contributed by atoms with van der Waals surface area (Å²) in [6.45, 7) is 4.65. The molecule has 1 aliphatic carbocycles. The third-order valence-electron chi connectivity index (χ3n) is 4.00. The van der Waals surface area contributed by atoms with Crippen LogP contribution in [0.2, 0.25) is 0 Å². The second kappa shape index (κ2) is 9.63. The third-order valence-corrected chi connectivity index (χ3v) is 8.59. The first kappa shape index (κ1) is 31.9. The number of hydrogen-bond donors (Lipinski definition) is 1. The number of carbonyl (C=O) groups is 1. The van der Waals surface area contributed by atoms with E-state index in [1.54, 1.807) is 0 Å². The second-order valence-electron chi connectivity index (χ2n) is 6.86. The van der Waals surface area contributed by atoms with Crippen molar-refractivity contribution in [3.63, 3.8) is 0 Å². The van der Waals surface area contributed by atoms with Crippen LogP contribution in [0.5, 0.6) is 0 Å². The maximum absolute atomic E-state index is 14.0. The first-order chi connectivity index (χ1) is 15.7. The lowest BCUT2D eigenvalue weighted by Crippen LogP contribution is -2.63. The van der Waals surface area contributed by atoms with E-state index in [1.807, 2.05) is 0 Å². The molecule has 36 heavy (non-hydrogen) atoms. The van der Waals surface area contributed by atoms with Gasteiger partial charge in [0.15, 0.2) is 5.78 Å². The van der Waals surface area contributed by atoms with Crippen molar-refractivity contribution in [1.29, 1.82) is 0 Å². The number of allylic oxidation sites excluding steroid dienone is 4. The van der Waals surface area contributed by atoms with Gasteiger partial charge in [0.2, 0.25) is 0 Å². The van der Waals surface area contributed by atoms with Gasteiger partial charge in [-0.05, 0) is 37.0 Å². The van der Waals surface area contributed by atoms with Crippen LogP contribution in [0.1, 0.15) is 13.3 Å². The number of hydrogen-bond acceptors (Lipinski definition) is 8. The average molecular weight is 602 g/mol. The van der Waals surface area contributed by atoms with Gasteiger partial charge in [-0.1, -0.05) is 16.8 Å². The molecule has 0 aromatic heterocycles. The number of rotatable bonds is 11. The highest BCUT2D eigenvalue weighted by Gasteiger charge is 2.83. The smallest absolute Gasteiger partial charge is 0.378 e. The Bertz CT molecular complexity index is 1300. The highest BCUT2D eigenvalue weighted by atomic mass is 32.3. The molecule has 1 rings (SSSR count). The molecule has 0 saturated heterocycles. The van der Waals surface area contributed by atoms with E-state index in [0.29, 0.717) is 12.2 Å². The number of sulfonamides is 2. The number of ketones is 1. The van der Waals surface area contributed by atoms with E-state index < -0.39 is 73.7 Å². The Morgan fingerprint density at radius 1 is 0.972 bits per heavy atom. The summed E-state index contributed by atoms with van der Waals surface area (Å²) in [4.78, 5) is 11.5. The van der Waals surface area contributed by atoms with Crippen LogP contribution >= 0.6 is 0 Å². The Morgan fingerprint density at radius 3 is 1.86 bits per heavy atom. The second-order valence-corrected chi connectivity index (χ2v) is 12.1. The minimum Gasteiger partial charge on any atom is -0.378 e. The molecule has 1 atom stereocenters. The van der Waals surface area contributed by atoms with Crippen molar-refractivity contribution in [3.05, 3.63) is 42.6 Å². The average Bonchev–Trinajstić information content (AvgIpc) is 2.66. The minimum atomic E-state index is -7.87. The van der Waals surface area contributed by atoms with Gasteiger partial charge < -0.3 is 4.18 Å². The standard InChI is InChI=1S/C15H13F9NO8S3/c1-8(2)11(26)7-9-3-5-10(6-4-9)33-36(31,32)14(20,21)12(16,17)13(18,19)34(27,28)25-35(29,30)15(22,23)24/h3,5-7,9,25H,1,4H2,2H3. The topological polar surface area (TPSA) is 141 Å². The Kier molecular flexibility index (Phi) is 8.54. The predicted octanol–water partition coefficient (Wildman–Crippen LogP) is 2.73. The molecule has 1 aliphatic rings. The normalized spacial score (nSPS) is 18.5. The highest BCUT2D eigenvalue weighted by Crippen LogP contribution is 2.51. The van der Waals surface area contributed by atoms with Crippen LogP contribution < -0.4 is 4.13 Å². The molecule has 1 unspecified atom stereocenters. The molecule has 9 nitrogen and oxygen atoms in total. The highest BCUT2D eigenvalue weighted by molar-refractivity contribution is 8.05. The van der Waals surface area contributed by atoms with Gasteiger partial charge in [0, 0.05) is 6.42 Å². The summed E-state index contributed by atoms with van der Waals surface area (Å²) in [6, 6.07) is 0. The largest absolute Gasteiger partial charge is 0.512 e. The first-order valence-electron chi connectivity index (χ1n) is 8.58. The maximum Gasteiger partial charge on any atom is 0.512 e. The number of alkyl halides is 9. The number of halogens is 9. The van der Waals surface area contributed by atoms with Crippen molar-refractivity contribution in [3.8, 4) is 0 Å². The monoisotopic (exact) mass is 602 g/mol. The van der Waals surface area contributed by atoms with E-state index in [9.17, 15) is 69.6 Å². The third kappa shape index (κ3) is 5.88. The van der Waals surface area contributed by atoms with Gasteiger partial charge in [-0.2, -0.15) is 47.9 Å². The fraction of sp³-hybridized carbons (Fsp3) is 0.467. The fourth-order valence-electron chi connectivity index (χ4n) is 2.06. The fourth-order valence-corrected chi connectivity index (χ4v) is 5.46. The molecule has 0 saturated carbocycles. The molecule has 0 amide bonds. The Balaban J connectivity index is 3.27. The van der Waals surface area contributed by atoms with Gasteiger partial charge in [-0.15, -0.1) is 0 Å². The lowest BCUT2D eigenvalue weighted by Gasteiger charge is -2.31. The summed E-state index contributed by atoms with van der Waals surface area (Å²) in [6.07, 6.45) is 2.83. The molecule has 0 bridgehead atoms. The molecular formula is C15H13F9NO8S3. The lowest BCUT2D eigenvalue weighted by molar-refractivity contribution is -0.246. The van der Waals surface area contributed by atoms with Gasteiger partial charge in [-0.3, -0.25) is 4.79 Å². The van der Waals surface area contributed by atoms with Crippen LogP contribution in [0, 0.1) is 12.3 Å². The number of carbonyl (C=O) groups excluding carboxylic acids is 1. The molecule has 1 N–H and O–H groups in total. The molecule has 21 heteroatoms. The summed E-state index contributed by atoms with van der Waals surface area (Å²) in [5.74, 6) is -10.1. The van der Waals surface area contributed by atoms with E-state index in [2.05, 4.69) is 10.8 Å². The van der Waals surface area contributed by atoms with Crippen molar-refractivity contribution < 1.29 is 73.7 Å². The van der Waals surface area contributed by atoms with Crippen LogP contribution in [0.15, 0.2) is 36.1 Å². The van der Waals surface area contributed by atoms with Gasteiger partial charge >= 0.3 is 42.1 Å². The molecule has 0 spiro atoms. The van der Waals surface area contributed by atoms with Crippen LogP contribution in [0.4, 0.5) is 39.5 Å². The molecule has 0 fully saturated rings. The molecule has 1 radical (unpaired) electrons. The Hall–Kier alpha value is -2.13. The van der Waals surface area contributed by atoms with Crippen LogP contribution in [0.3, 0.4) is 0 Å². The zero-order valence-electron chi connectivity index (χ0n) is 17.2. The van der Waals surface area contributed by atoms with Gasteiger partial charge in [0.25, 0.3) is 10.0 Å². The van der Waals surface area contributed by atoms with Crippen molar-refractivity contribution in [1.82, 2.24) is 4.13 Å². The van der Waals surface area contributed by atoms with Gasteiger partial charge in [0.1, 0.15) is 5.76 Å². The van der Waals surface area contributed by atoms with E-state index in [1.165, 1.54) is 6.92 Å². The molecule has 0 heterocycles. The predicted molar refractivity (Wildman–Crippen MR) is 101 cm³/mol. The molecule has 0 aliphatic heterocycles.